The predicted molar refractivity (Wildman–Crippen MR) is 75.4 cm³/mol. The zero-order valence-electron chi connectivity index (χ0n) is 12.1. The molecule has 18 heavy (non-hydrogen) atoms. The molecule has 0 aliphatic heterocycles. The summed E-state index contributed by atoms with van der Waals surface area (Å²) >= 11 is 0. The minimum absolute atomic E-state index is 0.0126. The molecule has 1 aromatic rings. The van der Waals surface area contributed by atoms with Crippen LogP contribution in [0.5, 0.6) is 11.5 Å². The van der Waals surface area contributed by atoms with Gasteiger partial charge in [0.1, 0.15) is 11.5 Å². The summed E-state index contributed by atoms with van der Waals surface area (Å²) in [6, 6.07) is 5.94. The normalized spacial score (nSPS) is 13.2. The fraction of sp³-hybridized carbons (Fsp3) is 0.600. The highest BCUT2D eigenvalue weighted by atomic mass is 16.5. The third kappa shape index (κ3) is 3.39. The molecule has 1 rings (SSSR count). The van der Waals surface area contributed by atoms with Gasteiger partial charge < -0.3 is 15.2 Å². The highest BCUT2D eigenvalue weighted by molar-refractivity contribution is 5.44. The second-order valence-electron chi connectivity index (χ2n) is 5.50. The van der Waals surface area contributed by atoms with Crippen LogP contribution in [-0.4, -0.2) is 20.8 Å². The Labute approximate surface area is 110 Å². The van der Waals surface area contributed by atoms with Gasteiger partial charge in [-0.05, 0) is 42.5 Å². The molecule has 3 heteroatoms. The van der Waals surface area contributed by atoms with Crippen molar-refractivity contribution in [3.63, 3.8) is 0 Å². The highest BCUT2D eigenvalue weighted by Gasteiger charge is 2.26. The number of methoxy groups -OCH3 is 2. The van der Waals surface area contributed by atoms with Crippen molar-refractivity contribution in [3.8, 4) is 11.5 Å². The summed E-state index contributed by atoms with van der Waals surface area (Å²) in [6.45, 7) is 7.32. The largest absolute Gasteiger partial charge is 0.497 e. The Balaban J connectivity index is 3.11. The van der Waals surface area contributed by atoms with Crippen molar-refractivity contribution >= 4 is 0 Å². The molecule has 1 unspecified atom stereocenters. The van der Waals surface area contributed by atoms with Crippen molar-refractivity contribution in [1.29, 1.82) is 0 Å². The lowest BCUT2D eigenvalue weighted by atomic mass is 9.77. The van der Waals surface area contributed by atoms with Gasteiger partial charge in [0, 0.05) is 5.56 Å². The smallest absolute Gasteiger partial charge is 0.122 e. The van der Waals surface area contributed by atoms with Crippen LogP contribution >= 0.6 is 0 Å². The molecular weight excluding hydrogens is 226 g/mol. The van der Waals surface area contributed by atoms with E-state index in [2.05, 4.69) is 26.8 Å². The summed E-state index contributed by atoms with van der Waals surface area (Å²) in [7, 11) is 3.38. The van der Waals surface area contributed by atoms with E-state index in [0.717, 1.165) is 17.9 Å². The molecule has 1 atom stereocenters. The molecular formula is C15H25NO2. The summed E-state index contributed by atoms with van der Waals surface area (Å²) in [5.74, 6) is 2.25. The number of hydrogen-bond acceptors (Lipinski definition) is 3. The molecule has 0 saturated carbocycles. The molecule has 0 spiro atoms. The van der Waals surface area contributed by atoms with Crippen molar-refractivity contribution in [3.05, 3.63) is 23.8 Å². The van der Waals surface area contributed by atoms with Crippen LogP contribution in [0.4, 0.5) is 0 Å². The minimum Gasteiger partial charge on any atom is -0.497 e. The number of benzene rings is 1. The topological polar surface area (TPSA) is 44.5 Å². The molecule has 2 N–H and O–H groups in total. The predicted octanol–water partition coefficient (Wildman–Crippen LogP) is 2.97. The van der Waals surface area contributed by atoms with Gasteiger partial charge in [0.15, 0.2) is 0 Å². The zero-order valence-corrected chi connectivity index (χ0v) is 12.1. The van der Waals surface area contributed by atoms with Crippen LogP contribution in [0.1, 0.15) is 32.8 Å². The molecule has 0 aliphatic rings. The van der Waals surface area contributed by atoms with Gasteiger partial charge in [0.25, 0.3) is 0 Å². The maximum Gasteiger partial charge on any atom is 0.122 e. The van der Waals surface area contributed by atoms with Gasteiger partial charge in [-0.3, -0.25) is 0 Å². The third-order valence-corrected chi connectivity index (χ3v) is 3.40. The van der Waals surface area contributed by atoms with Crippen LogP contribution in [0.15, 0.2) is 18.2 Å². The van der Waals surface area contributed by atoms with Gasteiger partial charge in [0.05, 0.1) is 14.2 Å². The maximum absolute atomic E-state index is 5.73. The van der Waals surface area contributed by atoms with Crippen LogP contribution < -0.4 is 15.2 Å². The lowest BCUT2D eigenvalue weighted by Gasteiger charge is -2.30. The number of hydrogen-bond donors (Lipinski definition) is 1. The Morgan fingerprint density at radius 1 is 1.22 bits per heavy atom. The van der Waals surface area contributed by atoms with E-state index in [1.165, 1.54) is 5.56 Å². The zero-order chi connectivity index (χ0) is 13.8. The fourth-order valence-electron chi connectivity index (χ4n) is 2.41. The van der Waals surface area contributed by atoms with E-state index in [4.69, 9.17) is 15.2 Å². The summed E-state index contributed by atoms with van der Waals surface area (Å²) in [6.07, 6.45) is 1.02. The average Bonchev–Trinajstić information content (AvgIpc) is 2.37. The summed E-state index contributed by atoms with van der Waals surface area (Å²) in [4.78, 5) is 0. The van der Waals surface area contributed by atoms with Gasteiger partial charge in [-0.25, -0.2) is 0 Å². The number of ether oxygens (including phenoxy) is 2. The van der Waals surface area contributed by atoms with Crippen LogP contribution in [0.3, 0.4) is 0 Å². The molecule has 3 nitrogen and oxygen atoms in total. The molecule has 1 aromatic carbocycles. The summed E-state index contributed by atoms with van der Waals surface area (Å²) in [5, 5.41) is 0. The highest BCUT2D eigenvalue weighted by Crippen LogP contribution is 2.38. The van der Waals surface area contributed by atoms with Gasteiger partial charge in [0.2, 0.25) is 0 Å². The van der Waals surface area contributed by atoms with Crippen molar-refractivity contribution in [2.75, 3.05) is 20.8 Å². The van der Waals surface area contributed by atoms with Crippen molar-refractivity contribution in [1.82, 2.24) is 0 Å². The van der Waals surface area contributed by atoms with Gasteiger partial charge in [-0.1, -0.05) is 20.8 Å². The van der Waals surface area contributed by atoms with E-state index in [1.54, 1.807) is 14.2 Å². The molecule has 0 aromatic heterocycles. The van der Waals surface area contributed by atoms with Gasteiger partial charge >= 0.3 is 0 Å². The van der Waals surface area contributed by atoms with Gasteiger partial charge in [-0.2, -0.15) is 0 Å². The molecule has 0 aliphatic carbocycles. The molecule has 0 bridgehead atoms. The number of rotatable bonds is 6. The average molecular weight is 251 g/mol. The Bertz CT molecular complexity index is 388. The first kappa shape index (κ1) is 14.8. The monoisotopic (exact) mass is 251 g/mol. The fourth-order valence-corrected chi connectivity index (χ4v) is 2.41. The van der Waals surface area contributed by atoms with E-state index in [-0.39, 0.29) is 5.41 Å². The standard InChI is InChI=1S/C15H25NO2/c1-11(10-16)9-15(2,3)13-8-12(17-4)6-7-14(13)18-5/h6-8,11H,9-10,16H2,1-5H3. The van der Waals surface area contributed by atoms with Crippen LogP contribution in [-0.2, 0) is 5.41 Å². The first-order chi connectivity index (χ1) is 8.44. The van der Waals surface area contributed by atoms with Gasteiger partial charge in [-0.15, -0.1) is 0 Å². The van der Waals surface area contributed by atoms with Crippen molar-refractivity contribution < 1.29 is 9.47 Å². The summed E-state index contributed by atoms with van der Waals surface area (Å²) < 4.78 is 10.8. The van der Waals surface area contributed by atoms with Crippen LogP contribution in [0.2, 0.25) is 0 Å². The second-order valence-corrected chi connectivity index (χ2v) is 5.50. The Morgan fingerprint density at radius 2 is 1.89 bits per heavy atom. The molecule has 0 radical (unpaired) electrons. The lowest BCUT2D eigenvalue weighted by Crippen LogP contribution is -2.25. The van der Waals surface area contributed by atoms with E-state index >= 15 is 0 Å². The van der Waals surface area contributed by atoms with E-state index in [9.17, 15) is 0 Å². The Kier molecular flexibility index (Phi) is 5.03. The Morgan fingerprint density at radius 3 is 2.39 bits per heavy atom. The quantitative estimate of drug-likeness (QED) is 0.845. The van der Waals surface area contributed by atoms with Crippen molar-refractivity contribution in [2.45, 2.75) is 32.6 Å². The molecule has 0 heterocycles. The first-order valence-electron chi connectivity index (χ1n) is 6.37. The number of nitrogens with two attached hydrogens (primary N) is 1. The molecule has 0 fully saturated rings. The molecule has 0 amide bonds. The molecule has 102 valence electrons. The van der Waals surface area contributed by atoms with Crippen LogP contribution in [0.25, 0.3) is 0 Å². The molecule has 0 saturated heterocycles. The first-order valence-corrected chi connectivity index (χ1v) is 6.37. The maximum atomic E-state index is 5.73. The lowest BCUT2D eigenvalue weighted by molar-refractivity contribution is 0.350. The summed E-state index contributed by atoms with van der Waals surface area (Å²) in [5.41, 5.74) is 6.91. The third-order valence-electron chi connectivity index (χ3n) is 3.40. The van der Waals surface area contributed by atoms with E-state index in [0.29, 0.717) is 12.5 Å². The SMILES string of the molecule is COc1ccc(OC)c(C(C)(C)CC(C)CN)c1. The van der Waals surface area contributed by atoms with Crippen LogP contribution in [0, 0.1) is 5.92 Å². The van der Waals surface area contributed by atoms with E-state index < -0.39 is 0 Å². The second kappa shape index (κ2) is 6.10. The van der Waals surface area contributed by atoms with Crippen molar-refractivity contribution in [2.24, 2.45) is 11.7 Å². The minimum atomic E-state index is 0.0126. The Hall–Kier alpha value is -1.22. The van der Waals surface area contributed by atoms with E-state index in [1.807, 2.05) is 12.1 Å².